The minimum absolute atomic E-state index is 0.0359. The quantitative estimate of drug-likeness (QED) is 0.560. The Balaban J connectivity index is 1.13. The van der Waals surface area contributed by atoms with E-state index in [1.807, 2.05) is 12.1 Å². The molecule has 2 heterocycles. The average molecular weight is 522 g/mol. The molecule has 9 heteroatoms. The first-order valence-corrected chi connectivity index (χ1v) is 13.8. The highest BCUT2D eigenvalue weighted by Crippen LogP contribution is 2.55. The van der Waals surface area contributed by atoms with Gasteiger partial charge in [0.05, 0.1) is 11.2 Å². The van der Waals surface area contributed by atoms with Gasteiger partial charge in [0.1, 0.15) is 17.3 Å². The molecule has 4 aliphatic carbocycles. The Morgan fingerprint density at radius 1 is 1.08 bits per heavy atom. The van der Waals surface area contributed by atoms with E-state index in [1.54, 1.807) is 18.2 Å². The van der Waals surface area contributed by atoms with E-state index >= 15 is 0 Å². The second-order valence-corrected chi connectivity index (χ2v) is 11.8. The highest BCUT2D eigenvalue weighted by atomic mass is 19.1. The Morgan fingerprint density at radius 3 is 2.53 bits per heavy atom. The zero-order valence-corrected chi connectivity index (χ0v) is 22.0. The molecule has 38 heavy (non-hydrogen) atoms. The summed E-state index contributed by atoms with van der Waals surface area (Å²) >= 11 is 0. The van der Waals surface area contributed by atoms with E-state index in [2.05, 4.69) is 27.4 Å². The van der Waals surface area contributed by atoms with Gasteiger partial charge >= 0.3 is 0 Å². The fraction of sp³-hybridized carbons (Fsp3) is 0.552. The molecule has 1 aromatic carbocycles. The molecular formula is C29H36FN5O3. The van der Waals surface area contributed by atoms with Crippen LogP contribution in [0.25, 0.3) is 0 Å². The lowest BCUT2D eigenvalue weighted by Gasteiger charge is -2.58. The average Bonchev–Trinajstić information content (AvgIpc) is 2.89. The lowest BCUT2D eigenvalue weighted by molar-refractivity contribution is -0.136. The first kappa shape index (κ1) is 25.1. The van der Waals surface area contributed by atoms with Gasteiger partial charge < -0.3 is 25.5 Å². The van der Waals surface area contributed by atoms with E-state index in [0.29, 0.717) is 43.1 Å². The topological polar surface area (TPSA) is 97.8 Å². The van der Waals surface area contributed by atoms with Gasteiger partial charge in [0.15, 0.2) is 0 Å². The van der Waals surface area contributed by atoms with Crippen LogP contribution in [0.2, 0.25) is 0 Å². The molecule has 3 unspecified atom stereocenters. The summed E-state index contributed by atoms with van der Waals surface area (Å²) in [7, 11) is 1.49. The van der Waals surface area contributed by atoms with Crippen molar-refractivity contribution in [3.8, 4) is 0 Å². The molecule has 0 spiro atoms. The van der Waals surface area contributed by atoms with E-state index in [0.717, 1.165) is 43.6 Å². The van der Waals surface area contributed by atoms with Gasteiger partial charge in [0, 0.05) is 44.5 Å². The zero-order valence-electron chi connectivity index (χ0n) is 22.0. The van der Waals surface area contributed by atoms with Crippen molar-refractivity contribution in [2.24, 2.45) is 17.8 Å². The van der Waals surface area contributed by atoms with Gasteiger partial charge in [0.25, 0.3) is 11.8 Å². The molecule has 0 radical (unpaired) electrons. The van der Waals surface area contributed by atoms with Crippen LogP contribution < -0.4 is 20.4 Å². The molecule has 1 saturated heterocycles. The molecule has 2 amide bonds. The van der Waals surface area contributed by atoms with E-state index in [-0.39, 0.29) is 23.6 Å². The second kappa shape index (κ2) is 9.52. The number of rotatable bonds is 5. The number of benzene rings is 1. The van der Waals surface area contributed by atoms with Crippen molar-refractivity contribution < 1.29 is 19.1 Å². The van der Waals surface area contributed by atoms with Crippen LogP contribution in [0.1, 0.15) is 59.9 Å². The molecular weight excluding hydrogens is 485 g/mol. The third-order valence-electron chi connectivity index (χ3n) is 9.21. The van der Waals surface area contributed by atoms with Crippen molar-refractivity contribution in [1.82, 2.24) is 15.6 Å². The van der Waals surface area contributed by atoms with Crippen LogP contribution >= 0.6 is 0 Å². The van der Waals surface area contributed by atoms with Gasteiger partial charge in [-0.3, -0.25) is 9.59 Å². The largest absolute Gasteiger partial charge is 0.390 e. The number of anilines is 2. The molecule has 5 fully saturated rings. The minimum Gasteiger partial charge on any atom is -0.390 e. The maximum Gasteiger partial charge on any atom is 0.270 e. The van der Waals surface area contributed by atoms with Crippen LogP contribution in [-0.2, 0) is 0 Å². The fourth-order valence-corrected chi connectivity index (χ4v) is 7.70. The van der Waals surface area contributed by atoms with Crippen LogP contribution in [-0.4, -0.2) is 66.3 Å². The van der Waals surface area contributed by atoms with Crippen LogP contribution in [0.5, 0.6) is 0 Å². The van der Waals surface area contributed by atoms with Crippen LogP contribution in [0.4, 0.5) is 15.9 Å². The number of nitrogens with zero attached hydrogens (tertiary/aromatic N) is 3. The summed E-state index contributed by atoms with van der Waals surface area (Å²) in [5.74, 6) is 0.926. The molecule has 8 nitrogen and oxygen atoms in total. The summed E-state index contributed by atoms with van der Waals surface area (Å²) in [6, 6.07) is 10.4. The van der Waals surface area contributed by atoms with Crippen molar-refractivity contribution in [3.05, 3.63) is 53.5 Å². The second-order valence-electron chi connectivity index (χ2n) is 11.8. The zero-order chi connectivity index (χ0) is 26.6. The van der Waals surface area contributed by atoms with Crippen LogP contribution in [0.15, 0.2) is 36.4 Å². The Kier molecular flexibility index (Phi) is 6.29. The highest BCUT2D eigenvalue weighted by molar-refractivity contribution is 5.95. The molecule has 4 saturated carbocycles. The standard InChI is InChI=1S/C29H36FN5O3/c1-17-16-34(21-6-7-23(30)22(12-21)27(36)31-2)8-9-35(17)25-5-3-4-24(32-25)28(37)33-26-19-10-18-11-20(26)15-29(38,13-18)14-19/h3-7,12,17-20,26,38H,8-11,13-16H2,1-2H3,(H,31,36)(H,33,37). The van der Waals surface area contributed by atoms with E-state index < -0.39 is 17.3 Å². The molecule has 3 N–H and O–H groups in total. The number of piperazine rings is 1. The van der Waals surface area contributed by atoms with E-state index in [1.165, 1.54) is 13.1 Å². The third-order valence-corrected chi connectivity index (χ3v) is 9.21. The Hall–Kier alpha value is -3.20. The normalized spacial score (nSPS) is 31.8. The van der Waals surface area contributed by atoms with Gasteiger partial charge in [0.2, 0.25) is 0 Å². The van der Waals surface area contributed by atoms with Gasteiger partial charge in [-0.1, -0.05) is 6.07 Å². The molecule has 5 aliphatic rings. The fourth-order valence-electron chi connectivity index (χ4n) is 7.70. The molecule has 202 valence electrons. The summed E-state index contributed by atoms with van der Waals surface area (Å²) in [5, 5.41) is 16.6. The van der Waals surface area contributed by atoms with E-state index in [4.69, 9.17) is 4.98 Å². The number of nitrogens with one attached hydrogen (secondary N) is 2. The number of aliphatic hydroxyl groups is 1. The monoisotopic (exact) mass is 521 g/mol. The summed E-state index contributed by atoms with van der Waals surface area (Å²) in [6.07, 6.45) is 4.69. The van der Waals surface area contributed by atoms with Crippen LogP contribution in [0.3, 0.4) is 0 Å². The lowest BCUT2D eigenvalue weighted by atomic mass is 9.52. The van der Waals surface area contributed by atoms with Crippen molar-refractivity contribution in [1.29, 1.82) is 0 Å². The Bertz CT molecular complexity index is 1240. The first-order chi connectivity index (χ1) is 18.2. The maximum absolute atomic E-state index is 14.1. The van der Waals surface area contributed by atoms with Crippen molar-refractivity contribution >= 4 is 23.3 Å². The van der Waals surface area contributed by atoms with Crippen molar-refractivity contribution in [3.63, 3.8) is 0 Å². The molecule has 7 rings (SSSR count). The predicted molar refractivity (Wildman–Crippen MR) is 143 cm³/mol. The SMILES string of the molecule is CNC(=O)c1cc(N2CCN(c3cccc(C(=O)NC4C5CC6CC4CC(O)(C6)C5)n3)C(C)C2)ccc1F. The van der Waals surface area contributed by atoms with Gasteiger partial charge in [-0.25, -0.2) is 9.37 Å². The number of hydrogen-bond acceptors (Lipinski definition) is 6. The lowest BCUT2D eigenvalue weighted by Crippen LogP contribution is -2.61. The van der Waals surface area contributed by atoms with Crippen molar-refractivity contribution in [2.45, 2.75) is 56.7 Å². The first-order valence-electron chi connectivity index (χ1n) is 13.8. The molecule has 1 aromatic heterocycles. The number of amides is 2. The Morgan fingerprint density at radius 2 is 1.84 bits per heavy atom. The summed E-state index contributed by atoms with van der Waals surface area (Å²) in [5.41, 5.74) is 0.733. The number of pyridine rings is 1. The number of aromatic nitrogens is 1. The highest BCUT2D eigenvalue weighted by Gasteiger charge is 2.55. The molecule has 3 atom stereocenters. The number of carbonyl (C=O) groups excluding carboxylic acids is 2. The minimum atomic E-state index is -0.538. The van der Waals surface area contributed by atoms with Crippen LogP contribution in [0, 0.1) is 23.6 Å². The van der Waals surface area contributed by atoms with Crippen molar-refractivity contribution in [2.75, 3.05) is 36.5 Å². The smallest absolute Gasteiger partial charge is 0.270 e. The molecule has 4 bridgehead atoms. The Labute approximate surface area is 222 Å². The summed E-state index contributed by atoms with van der Waals surface area (Å²) in [4.78, 5) is 34.4. The van der Waals surface area contributed by atoms with Gasteiger partial charge in [-0.2, -0.15) is 0 Å². The number of hydrogen-bond donors (Lipinski definition) is 3. The summed E-state index contributed by atoms with van der Waals surface area (Å²) < 4.78 is 14.1. The van der Waals surface area contributed by atoms with E-state index in [9.17, 15) is 19.1 Å². The number of halogens is 1. The van der Waals surface area contributed by atoms with Gasteiger partial charge in [-0.15, -0.1) is 0 Å². The third kappa shape index (κ3) is 4.51. The maximum atomic E-state index is 14.1. The van der Waals surface area contributed by atoms with Gasteiger partial charge in [-0.05, 0) is 87.1 Å². The molecule has 2 aromatic rings. The molecule has 1 aliphatic heterocycles. The number of carbonyl (C=O) groups is 2. The summed E-state index contributed by atoms with van der Waals surface area (Å²) in [6.45, 7) is 4.13. The predicted octanol–water partition coefficient (Wildman–Crippen LogP) is 2.96.